The number of aryl methyl sites for hydroxylation is 1. The van der Waals surface area contributed by atoms with Crippen molar-refractivity contribution in [1.82, 2.24) is 15.3 Å². The van der Waals surface area contributed by atoms with Crippen LogP contribution in [0.25, 0.3) is 0 Å². The van der Waals surface area contributed by atoms with Gasteiger partial charge >= 0.3 is 0 Å². The van der Waals surface area contributed by atoms with Crippen LogP contribution in [-0.4, -0.2) is 21.6 Å². The van der Waals surface area contributed by atoms with E-state index in [-0.39, 0.29) is 5.91 Å². The van der Waals surface area contributed by atoms with Crippen molar-refractivity contribution < 1.29 is 4.79 Å². The monoisotopic (exact) mass is 381 g/mol. The van der Waals surface area contributed by atoms with Crippen molar-refractivity contribution in [2.75, 3.05) is 5.75 Å². The van der Waals surface area contributed by atoms with Crippen LogP contribution in [0.15, 0.2) is 81.9 Å². The molecule has 4 nitrogen and oxygen atoms in total. The first-order chi connectivity index (χ1) is 12.7. The van der Waals surface area contributed by atoms with E-state index in [1.165, 1.54) is 17.3 Å². The summed E-state index contributed by atoms with van der Waals surface area (Å²) in [5.74, 6) is 0.296. The zero-order valence-electron chi connectivity index (χ0n) is 14.4. The molecule has 0 aliphatic heterocycles. The second-order valence-electron chi connectivity index (χ2n) is 5.63. The lowest BCUT2D eigenvalue weighted by atomic mass is 10.1. The van der Waals surface area contributed by atoms with Gasteiger partial charge in [0.1, 0.15) is 10.1 Å². The van der Waals surface area contributed by atoms with E-state index < -0.39 is 0 Å². The smallest absolute Gasteiger partial charge is 0.230 e. The summed E-state index contributed by atoms with van der Waals surface area (Å²) in [6.07, 6.45) is 3.33. The van der Waals surface area contributed by atoms with Gasteiger partial charge in [0.05, 0.1) is 5.75 Å². The predicted molar refractivity (Wildman–Crippen MR) is 106 cm³/mol. The number of hydrogen-bond donors (Lipinski definition) is 1. The molecule has 6 heteroatoms. The number of thioether (sulfide) groups is 1. The molecule has 0 atom stereocenters. The Kier molecular flexibility index (Phi) is 6.68. The summed E-state index contributed by atoms with van der Waals surface area (Å²) in [5.41, 5.74) is 2.30. The van der Waals surface area contributed by atoms with Gasteiger partial charge in [0.25, 0.3) is 0 Å². The minimum Gasteiger partial charge on any atom is -0.351 e. The van der Waals surface area contributed by atoms with Crippen LogP contribution in [0.3, 0.4) is 0 Å². The second kappa shape index (κ2) is 9.40. The van der Waals surface area contributed by atoms with Gasteiger partial charge in [0.15, 0.2) is 0 Å². The van der Waals surface area contributed by atoms with Crippen molar-refractivity contribution in [3.63, 3.8) is 0 Å². The molecule has 132 valence electrons. The maximum atomic E-state index is 12.1. The van der Waals surface area contributed by atoms with Crippen LogP contribution in [0.4, 0.5) is 0 Å². The molecule has 1 amide bonds. The lowest BCUT2D eigenvalue weighted by Gasteiger charge is -2.08. The van der Waals surface area contributed by atoms with Crippen LogP contribution in [-0.2, 0) is 11.3 Å². The number of benzene rings is 2. The molecule has 0 unspecified atom stereocenters. The molecule has 0 aliphatic rings. The van der Waals surface area contributed by atoms with Gasteiger partial charge in [0.2, 0.25) is 5.91 Å². The third kappa shape index (κ3) is 5.61. The van der Waals surface area contributed by atoms with Gasteiger partial charge in [-0.3, -0.25) is 4.79 Å². The van der Waals surface area contributed by atoms with Gasteiger partial charge < -0.3 is 5.32 Å². The minimum absolute atomic E-state index is 0.0168. The van der Waals surface area contributed by atoms with Crippen LogP contribution in [0, 0.1) is 6.92 Å². The fourth-order valence-electron chi connectivity index (χ4n) is 2.17. The van der Waals surface area contributed by atoms with Crippen LogP contribution in [0.1, 0.15) is 11.1 Å². The Morgan fingerprint density at radius 2 is 1.65 bits per heavy atom. The maximum absolute atomic E-state index is 12.1. The summed E-state index contributed by atoms with van der Waals surface area (Å²) in [6, 6.07) is 18.2. The molecule has 3 aromatic rings. The summed E-state index contributed by atoms with van der Waals surface area (Å²) in [5, 5.41) is 4.53. The fourth-order valence-corrected chi connectivity index (χ4v) is 3.93. The fraction of sp³-hybridized carbons (Fsp3) is 0.150. The Bertz CT molecular complexity index is 854. The third-order valence-corrected chi connectivity index (χ3v) is 5.65. The molecule has 0 aliphatic carbocycles. The highest BCUT2D eigenvalue weighted by atomic mass is 32.2. The molecule has 0 radical (unpaired) electrons. The predicted octanol–water partition coefficient (Wildman–Crippen LogP) is 4.34. The van der Waals surface area contributed by atoms with E-state index in [1.54, 1.807) is 24.2 Å². The van der Waals surface area contributed by atoms with Crippen molar-refractivity contribution >= 4 is 29.4 Å². The van der Waals surface area contributed by atoms with E-state index in [1.807, 2.05) is 61.5 Å². The molecule has 1 aromatic heterocycles. The Balaban J connectivity index is 1.54. The standard InChI is InChI=1S/C20H19N3OS2/c1-15-7-9-16(10-8-15)13-23-18(24)14-25-19-20(22-12-11-21-19)26-17-5-3-2-4-6-17/h2-12H,13-14H2,1H3,(H,23,24). The van der Waals surface area contributed by atoms with Crippen molar-refractivity contribution in [2.45, 2.75) is 28.4 Å². The first-order valence-electron chi connectivity index (χ1n) is 8.19. The van der Waals surface area contributed by atoms with Gasteiger partial charge in [-0.25, -0.2) is 9.97 Å². The summed E-state index contributed by atoms with van der Waals surface area (Å²) < 4.78 is 0. The number of nitrogens with one attached hydrogen (secondary N) is 1. The first-order valence-corrected chi connectivity index (χ1v) is 10.00. The van der Waals surface area contributed by atoms with Gasteiger partial charge in [-0.15, -0.1) is 0 Å². The molecule has 2 aromatic carbocycles. The van der Waals surface area contributed by atoms with Gasteiger partial charge in [-0.05, 0) is 24.6 Å². The van der Waals surface area contributed by atoms with E-state index in [0.717, 1.165) is 20.5 Å². The zero-order valence-corrected chi connectivity index (χ0v) is 16.0. The molecular formula is C20H19N3OS2. The number of nitrogens with zero attached hydrogens (tertiary/aromatic N) is 2. The topological polar surface area (TPSA) is 54.9 Å². The molecular weight excluding hydrogens is 362 g/mol. The average molecular weight is 382 g/mol. The number of hydrogen-bond acceptors (Lipinski definition) is 5. The largest absolute Gasteiger partial charge is 0.351 e. The van der Waals surface area contributed by atoms with Crippen molar-refractivity contribution in [2.24, 2.45) is 0 Å². The van der Waals surface area contributed by atoms with E-state index in [2.05, 4.69) is 15.3 Å². The lowest BCUT2D eigenvalue weighted by Crippen LogP contribution is -2.24. The highest BCUT2D eigenvalue weighted by Gasteiger charge is 2.10. The normalized spacial score (nSPS) is 10.5. The van der Waals surface area contributed by atoms with Crippen LogP contribution < -0.4 is 5.32 Å². The maximum Gasteiger partial charge on any atom is 0.230 e. The van der Waals surface area contributed by atoms with Crippen LogP contribution in [0.5, 0.6) is 0 Å². The summed E-state index contributed by atoms with van der Waals surface area (Å²) >= 11 is 2.96. The highest BCUT2D eigenvalue weighted by molar-refractivity contribution is 8.02. The number of carbonyl (C=O) groups excluding carboxylic acids is 1. The quantitative estimate of drug-likeness (QED) is 0.617. The lowest BCUT2D eigenvalue weighted by molar-refractivity contribution is -0.118. The Morgan fingerprint density at radius 3 is 2.38 bits per heavy atom. The number of amides is 1. The highest BCUT2D eigenvalue weighted by Crippen LogP contribution is 2.32. The molecule has 0 saturated carbocycles. The number of rotatable bonds is 7. The SMILES string of the molecule is Cc1ccc(CNC(=O)CSc2nccnc2Sc2ccccc2)cc1. The molecule has 26 heavy (non-hydrogen) atoms. The molecule has 0 saturated heterocycles. The third-order valence-electron chi connectivity index (χ3n) is 3.54. The number of aromatic nitrogens is 2. The Labute approximate surface area is 161 Å². The van der Waals surface area contributed by atoms with Crippen LogP contribution in [0.2, 0.25) is 0 Å². The van der Waals surface area contributed by atoms with Crippen LogP contribution >= 0.6 is 23.5 Å². The first kappa shape index (κ1) is 18.5. The van der Waals surface area contributed by atoms with Gasteiger partial charge in [0, 0.05) is 23.8 Å². The Hall–Kier alpha value is -2.31. The molecule has 1 N–H and O–H groups in total. The van der Waals surface area contributed by atoms with E-state index in [4.69, 9.17) is 0 Å². The molecule has 0 spiro atoms. The van der Waals surface area contributed by atoms with Gasteiger partial charge in [-0.2, -0.15) is 0 Å². The van der Waals surface area contributed by atoms with Crippen molar-refractivity contribution in [1.29, 1.82) is 0 Å². The molecule has 0 fully saturated rings. The molecule has 1 heterocycles. The average Bonchev–Trinajstić information content (AvgIpc) is 2.68. The number of carbonyl (C=O) groups is 1. The Morgan fingerprint density at radius 1 is 0.962 bits per heavy atom. The zero-order chi connectivity index (χ0) is 18.2. The summed E-state index contributed by atoms with van der Waals surface area (Å²) in [7, 11) is 0. The minimum atomic E-state index is -0.0168. The van der Waals surface area contributed by atoms with Gasteiger partial charge in [-0.1, -0.05) is 71.6 Å². The summed E-state index contributed by atoms with van der Waals surface area (Å²) in [4.78, 5) is 22.0. The van der Waals surface area contributed by atoms with Crippen molar-refractivity contribution in [3.8, 4) is 0 Å². The van der Waals surface area contributed by atoms with E-state index in [0.29, 0.717) is 12.3 Å². The van der Waals surface area contributed by atoms with E-state index in [9.17, 15) is 4.79 Å². The molecule has 3 rings (SSSR count). The second-order valence-corrected chi connectivity index (χ2v) is 7.66. The van der Waals surface area contributed by atoms with E-state index >= 15 is 0 Å². The molecule has 0 bridgehead atoms. The van der Waals surface area contributed by atoms with Crippen molar-refractivity contribution in [3.05, 3.63) is 78.1 Å². The summed E-state index contributed by atoms with van der Waals surface area (Å²) in [6.45, 7) is 2.58.